The Morgan fingerprint density at radius 2 is 1.67 bits per heavy atom. The van der Waals surface area contributed by atoms with Gasteiger partial charge in [-0.1, -0.05) is 24.3 Å². The highest BCUT2D eigenvalue weighted by Crippen LogP contribution is 2.26. The quantitative estimate of drug-likeness (QED) is 0.217. The molecule has 9 nitrogen and oxygen atoms in total. The number of nitrogens with zero attached hydrogens (tertiary/aromatic N) is 7. The highest BCUT2D eigenvalue weighted by atomic mass is 19.1. The molecule has 0 saturated carbocycles. The van der Waals surface area contributed by atoms with E-state index in [1.54, 1.807) is 29.2 Å². The SMILES string of the molecule is [C-]#[N+]c1ccc(-c2nnc3n2CCN(C(=O)c2ccc(C(=O)CC4CCN(Cc5cc(F)cc(F)c5)CC4)nc2)C3)cc1. The smallest absolute Gasteiger partial charge is 0.255 e. The van der Waals surface area contributed by atoms with Gasteiger partial charge in [-0.3, -0.25) is 19.5 Å². The molecular formula is C32H29F2N7O2. The third-order valence-corrected chi connectivity index (χ3v) is 8.10. The van der Waals surface area contributed by atoms with Gasteiger partial charge in [-0.25, -0.2) is 13.6 Å². The summed E-state index contributed by atoms with van der Waals surface area (Å²) in [5, 5.41) is 8.61. The summed E-state index contributed by atoms with van der Waals surface area (Å²) in [6.07, 6.45) is 3.45. The second-order valence-electron chi connectivity index (χ2n) is 11.0. The minimum absolute atomic E-state index is 0.0623. The summed E-state index contributed by atoms with van der Waals surface area (Å²) in [5.41, 5.74) is 2.76. The standard InChI is InChI=1S/C32H29F2N7O2/c1-35-27-5-2-23(3-6-27)31-38-37-30-20-40(12-13-41(30)31)32(43)24-4-7-28(36-18-24)29(42)16-21-8-10-39(11-9-21)19-22-14-25(33)17-26(34)15-22/h2-7,14-15,17-18,21H,8-13,16,19-20H2. The van der Waals surface area contributed by atoms with Gasteiger partial charge in [0.25, 0.3) is 5.91 Å². The Labute approximate surface area is 247 Å². The second-order valence-corrected chi connectivity index (χ2v) is 11.0. The molecule has 0 spiro atoms. The molecule has 0 radical (unpaired) electrons. The van der Waals surface area contributed by atoms with Gasteiger partial charge in [0.1, 0.15) is 17.3 Å². The van der Waals surface area contributed by atoms with Crippen LogP contribution in [0.15, 0.2) is 60.8 Å². The molecule has 0 aliphatic carbocycles. The van der Waals surface area contributed by atoms with E-state index in [0.29, 0.717) is 66.8 Å². The summed E-state index contributed by atoms with van der Waals surface area (Å²) < 4.78 is 29.0. The number of carbonyl (C=O) groups excluding carboxylic acids is 2. The predicted molar refractivity (Wildman–Crippen MR) is 154 cm³/mol. The average molecular weight is 582 g/mol. The lowest BCUT2D eigenvalue weighted by atomic mass is 9.90. The van der Waals surface area contributed by atoms with Crippen molar-refractivity contribution in [3.8, 4) is 11.4 Å². The number of pyridine rings is 1. The predicted octanol–water partition coefficient (Wildman–Crippen LogP) is 5.31. The average Bonchev–Trinajstić information content (AvgIpc) is 3.45. The maximum absolute atomic E-state index is 13.5. The van der Waals surface area contributed by atoms with Crippen molar-refractivity contribution in [3.63, 3.8) is 0 Å². The summed E-state index contributed by atoms with van der Waals surface area (Å²) in [7, 11) is 0. The van der Waals surface area contributed by atoms with Crippen LogP contribution in [-0.4, -0.2) is 60.9 Å². The van der Waals surface area contributed by atoms with Gasteiger partial charge >= 0.3 is 0 Å². The van der Waals surface area contributed by atoms with E-state index in [1.807, 2.05) is 16.7 Å². The number of Topliss-reactive ketones (excluding diaryl/α,β-unsaturated/α-hetero) is 1. The first kappa shape index (κ1) is 28.3. The van der Waals surface area contributed by atoms with Gasteiger partial charge in [-0.15, -0.1) is 10.2 Å². The van der Waals surface area contributed by atoms with Crippen molar-refractivity contribution >= 4 is 17.4 Å². The zero-order valence-electron chi connectivity index (χ0n) is 23.4. The lowest BCUT2D eigenvalue weighted by Gasteiger charge is -2.31. The second kappa shape index (κ2) is 12.2. The van der Waals surface area contributed by atoms with E-state index in [0.717, 1.165) is 37.6 Å². The number of ketones is 1. The van der Waals surface area contributed by atoms with Crippen LogP contribution in [-0.2, 0) is 19.6 Å². The van der Waals surface area contributed by atoms with Crippen molar-refractivity contribution in [2.24, 2.45) is 5.92 Å². The van der Waals surface area contributed by atoms with Crippen LogP contribution in [0.5, 0.6) is 0 Å². The molecule has 0 bridgehead atoms. The highest BCUT2D eigenvalue weighted by Gasteiger charge is 2.27. The normalized spacial score (nSPS) is 15.6. The molecule has 1 saturated heterocycles. The van der Waals surface area contributed by atoms with E-state index in [1.165, 1.54) is 18.3 Å². The first-order valence-corrected chi connectivity index (χ1v) is 14.2. The molecule has 2 aliphatic heterocycles. The molecule has 4 aromatic rings. The summed E-state index contributed by atoms with van der Waals surface area (Å²) in [5.74, 6) is 0.186. The van der Waals surface area contributed by atoms with Gasteiger partial charge in [0.2, 0.25) is 0 Å². The third kappa shape index (κ3) is 6.34. The van der Waals surface area contributed by atoms with E-state index >= 15 is 0 Å². The fourth-order valence-electron chi connectivity index (χ4n) is 5.77. The first-order valence-electron chi connectivity index (χ1n) is 14.2. The maximum atomic E-state index is 13.5. The Hall–Kier alpha value is -4.82. The van der Waals surface area contributed by atoms with Gasteiger partial charge in [0, 0.05) is 43.9 Å². The van der Waals surface area contributed by atoms with Crippen LogP contribution in [0, 0.1) is 24.1 Å². The monoisotopic (exact) mass is 581 g/mol. The number of amides is 1. The first-order chi connectivity index (χ1) is 20.9. The fourth-order valence-corrected chi connectivity index (χ4v) is 5.77. The molecule has 1 amide bonds. The minimum atomic E-state index is -0.577. The van der Waals surface area contributed by atoms with Crippen molar-refractivity contribution in [3.05, 3.63) is 106 Å². The highest BCUT2D eigenvalue weighted by molar-refractivity contribution is 5.97. The van der Waals surface area contributed by atoms with Crippen LogP contribution < -0.4 is 0 Å². The molecule has 0 unspecified atom stereocenters. The topological polar surface area (TPSA) is 88.6 Å². The van der Waals surface area contributed by atoms with Crippen LogP contribution >= 0.6 is 0 Å². The Balaban J connectivity index is 1.01. The summed E-state index contributed by atoms with van der Waals surface area (Å²) in [4.78, 5) is 37.7. The molecule has 0 N–H and O–H groups in total. The number of likely N-dealkylation sites (tertiary alicyclic amines) is 1. The van der Waals surface area contributed by atoms with Gasteiger partial charge in [0.15, 0.2) is 23.1 Å². The van der Waals surface area contributed by atoms with Crippen LogP contribution in [0.3, 0.4) is 0 Å². The number of hydrogen-bond acceptors (Lipinski definition) is 6. The number of piperidine rings is 1. The third-order valence-electron chi connectivity index (χ3n) is 8.10. The molecule has 43 heavy (non-hydrogen) atoms. The molecule has 11 heteroatoms. The van der Waals surface area contributed by atoms with Crippen LogP contribution in [0.2, 0.25) is 0 Å². The zero-order chi connectivity index (χ0) is 29.9. The number of fused-ring (bicyclic) bond motifs is 1. The Morgan fingerprint density at radius 1 is 0.930 bits per heavy atom. The molecule has 218 valence electrons. The van der Waals surface area contributed by atoms with E-state index < -0.39 is 11.6 Å². The van der Waals surface area contributed by atoms with Crippen molar-refractivity contribution < 1.29 is 18.4 Å². The molecule has 0 atom stereocenters. The van der Waals surface area contributed by atoms with E-state index in [4.69, 9.17) is 6.57 Å². The van der Waals surface area contributed by atoms with Crippen molar-refractivity contribution in [2.75, 3.05) is 19.6 Å². The molecule has 1 fully saturated rings. The number of aromatic nitrogens is 4. The molecule has 2 aromatic heterocycles. The Kier molecular flexibility index (Phi) is 8.03. The van der Waals surface area contributed by atoms with Gasteiger partial charge in [-0.2, -0.15) is 0 Å². The van der Waals surface area contributed by atoms with E-state index in [-0.39, 0.29) is 17.6 Å². The molecule has 2 aliphatic rings. The van der Waals surface area contributed by atoms with Crippen molar-refractivity contribution in [2.45, 2.75) is 38.9 Å². The molecular weight excluding hydrogens is 552 g/mol. The van der Waals surface area contributed by atoms with E-state index in [9.17, 15) is 18.4 Å². The number of carbonyl (C=O) groups is 2. The van der Waals surface area contributed by atoms with Crippen LogP contribution in [0.1, 0.15) is 51.5 Å². The van der Waals surface area contributed by atoms with Crippen molar-refractivity contribution in [1.29, 1.82) is 0 Å². The van der Waals surface area contributed by atoms with Gasteiger partial charge in [0.05, 0.1) is 18.7 Å². The van der Waals surface area contributed by atoms with Gasteiger partial charge < -0.3 is 9.47 Å². The maximum Gasteiger partial charge on any atom is 0.255 e. The van der Waals surface area contributed by atoms with Crippen LogP contribution in [0.4, 0.5) is 14.5 Å². The zero-order valence-corrected chi connectivity index (χ0v) is 23.4. The summed E-state index contributed by atoms with van der Waals surface area (Å²) in [6.45, 7) is 10.4. The fraction of sp³-hybridized carbons (Fsp3) is 0.312. The number of rotatable bonds is 7. The number of hydrogen-bond donors (Lipinski definition) is 0. The lowest BCUT2D eigenvalue weighted by Crippen LogP contribution is -2.38. The molecule has 2 aromatic carbocycles. The number of benzene rings is 2. The minimum Gasteiger partial charge on any atom is -0.329 e. The molecule has 4 heterocycles. The number of halogens is 2. The van der Waals surface area contributed by atoms with Gasteiger partial charge in [-0.05, 0) is 61.7 Å². The van der Waals surface area contributed by atoms with Crippen LogP contribution in [0.25, 0.3) is 16.2 Å². The summed E-state index contributed by atoms with van der Waals surface area (Å²) in [6, 6.07) is 14.0. The molecule has 6 rings (SSSR count). The largest absolute Gasteiger partial charge is 0.329 e. The van der Waals surface area contributed by atoms with Crippen molar-refractivity contribution in [1.82, 2.24) is 29.5 Å². The lowest BCUT2D eigenvalue weighted by molar-refractivity contribution is 0.0706. The summed E-state index contributed by atoms with van der Waals surface area (Å²) >= 11 is 0. The Morgan fingerprint density at radius 3 is 2.35 bits per heavy atom. The van der Waals surface area contributed by atoms with E-state index in [2.05, 4.69) is 24.9 Å². The Bertz CT molecular complexity index is 1670.